The molecule has 0 saturated carbocycles. The maximum Gasteiger partial charge on any atom is 0.265 e. The van der Waals surface area contributed by atoms with Crippen LogP contribution in [-0.4, -0.2) is 32.7 Å². The van der Waals surface area contributed by atoms with E-state index in [2.05, 4.69) is 5.32 Å². The second-order valence-corrected chi connectivity index (χ2v) is 8.27. The Hall–Kier alpha value is -1.70. The number of nitrogens with zero attached hydrogens (tertiary/aromatic N) is 1. The number of hydrogen-bond acceptors (Lipinski definition) is 4. The van der Waals surface area contributed by atoms with Gasteiger partial charge in [0, 0.05) is 25.2 Å². The zero-order valence-electron chi connectivity index (χ0n) is 12.9. The summed E-state index contributed by atoms with van der Waals surface area (Å²) in [6.45, 7) is 3.90. The average molecular weight is 338 g/mol. The Balaban J connectivity index is 2.23. The highest BCUT2D eigenvalue weighted by Crippen LogP contribution is 2.23. The van der Waals surface area contributed by atoms with Gasteiger partial charge < -0.3 is 5.32 Å². The molecule has 1 amide bonds. The Morgan fingerprint density at radius 3 is 2.45 bits per heavy atom. The van der Waals surface area contributed by atoms with Gasteiger partial charge in [-0.2, -0.15) is 0 Å². The molecule has 7 heteroatoms. The lowest BCUT2D eigenvalue weighted by atomic mass is 10.1. The van der Waals surface area contributed by atoms with E-state index in [1.807, 2.05) is 32.0 Å². The maximum absolute atomic E-state index is 12.3. The van der Waals surface area contributed by atoms with Crippen LogP contribution in [-0.2, 0) is 10.0 Å². The predicted octanol–water partition coefficient (Wildman–Crippen LogP) is 2.87. The summed E-state index contributed by atoms with van der Waals surface area (Å²) in [4.78, 5) is 12.7. The van der Waals surface area contributed by atoms with Crippen LogP contribution in [0.15, 0.2) is 34.5 Å². The summed E-state index contributed by atoms with van der Waals surface area (Å²) < 4.78 is 25.2. The van der Waals surface area contributed by atoms with Crippen molar-refractivity contribution in [1.82, 2.24) is 4.31 Å². The summed E-state index contributed by atoms with van der Waals surface area (Å²) in [5, 5.41) is 4.29. The topological polar surface area (TPSA) is 66.5 Å². The van der Waals surface area contributed by atoms with Crippen LogP contribution in [0.1, 0.15) is 20.8 Å². The van der Waals surface area contributed by atoms with Crippen molar-refractivity contribution in [2.24, 2.45) is 0 Å². The van der Waals surface area contributed by atoms with Gasteiger partial charge in [-0.3, -0.25) is 4.79 Å². The molecular formula is C15H18N2O3S2. The van der Waals surface area contributed by atoms with E-state index in [1.54, 1.807) is 0 Å². The van der Waals surface area contributed by atoms with Crippen molar-refractivity contribution in [2.75, 3.05) is 19.4 Å². The minimum atomic E-state index is -3.51. The summed E-state index contributed by atoms with van der Waals surface area (Å²) in [7, 11) is -0.591. The molecule has 1 heterocycles. The molecule has 0 radical (unpaired) electrons. The van der Waals surface area contributed by atoms with Gasteiger partial charge in [0.05, 0.1) is 9.77 Å². The smallest absolute Gasteiger partial charge is 0.265 e. The van der Waals surface area contributed by atoms with Gasteiger partial charge in [-0.25, -0.2) is 12.7 Å². The minimum absolute atomic E-state index is 0.133. The lowest BCUT2D eigenvalue weighted by Crippen LogP contribution is -2.21. The Morgan fingerprint density at radius 1 is 1.18 bits per heavy atom. The minimum Gasteiger partial charge on any atom is -0.321 e. The largest absolute Gasteiger partial charge is 0.321 e. The number of carbonyl (C=O) groups excluding carboxylic acids is 1. The van der Waals surface area contributed by atoms with Crippen LogP contribution in [0.3, 0.4) is 0 Å². The number of anilines is 1. The summed E-state index contributed by atoms with van der Waals surface area (Å²) in [6.07, 6.45) is 0. The van der Waals surface area contributed by atoms with Crippen molar-refractivity contribution in [3.63, 3.8) is 0 Å². The van der Waals surface area contributed by atoms with E-state index in [0.717, 1.165) is 32.5 Å². The zero-order chi connectivity index (χ0) is 16.5. The second kappa shape index (κ2) is 6.20. The van der Waals surface area contributed by atoms with Crippen LogP contribution >= 0.6 is 11.3 Å². The molecule has 2 rings (SSSR count). The number of hydrogen-bond donors (Lipinski definition) is 1. The monoisotopic (exact) mass is 338 g/mol. The fraction of sp³-hybridized carbons (Fsp3) is 0.267. The summed E-state index contributed by atoms with van der Waals surface area (Å²) in [5.41, 5.74) is 2.80. The molecule has 0 bridgehead atoms. The van der Waals surface area contributed by atoms with Crippen molar-refractivity contribution in [3.05, 3.63) is 45.6 Å². The lowest BCUT2D eigenvalue weighted by molar-refractivity contribution is 0.103. The first-order valence-electron chi connectivity index (χ1n) is 6.61. The standard InChI is InChI=1S/C15H18N2O3S2/c1-10-5-6-13(11(2)7-10)16-15(18)14-8-12(9-21-14)22(19,20)17(3)4/h5-9H,1-4H3,(H,16,18). The molecule has 1 N–H and O–H groups in total. The first kappa shape index (κ1) is 16.7. The predicted molar refractivity (Wildman–Crippen MR) is 89.1 cm³/mol. The number of amides is 1. The molecule has 0 unspecified atom stereocenters. The highest BCUT2D eigenvalue weighted by atomic mass is 32.2. The van der Waals surface area contributed by atoms with Gasteiger partial charge in [0.25, 0.3) is 5.91 Å². The fourth-order valence-electron chi connectivity index (χ4n) is 1.92. The van der Waals surface area contributed by atoms with E-state index >= 15 is 0 Å². The molecule has 0 fully saturated rings. The van der Waals surface area contributed by atoms with Crippen molar-refractivity contribution in [1.29, 1.82) is 0 Å². The second-order valence-electron chi connectivity index (χ2n) is 5.21. The van der Waals surface area contributed by atoms with Gasteiger partial charge in [0.2, 0.25) is 10.0 Å². The number of rotatable bonds is 4. The molecular weight excluding hydrogens is 320 g/mol. The number of benzene rings is 1. The highest BCUT2D eigenvalue weighted by molar-refractivity contribution is 7.89. The van der Waals surface area contributed by atoms with Gasteiger partial charge in [0.15, 0.2) is 0 Å². The van der Waals surface area contributed by atoms with Crippen molar-refractivity contribution < 1.29 is 13.2 Å². The maximum atomic E-state index is 12.3. The first-order valence-corrected chi connectivity index (χ1v) is 8.93. The number of nitrogens with one attached hydrogen (secondary N) is 1. The number of carbonyl (C=O) groups is 1. The van der Waals surface area contributed by atoms with Gasteiger partial charge in [-0.05, 0) is 31.5 Å². The van der Waals surface area contributed by atoms with E-state index in [4.69, 9.17) is 0 Å². The molecule has 0 spiro atoms. The van der Waals surface area contributed by atoms with Crippen LogP contribution in [0.25, 0.3) is 0 Å². The lowest BCUT2D eigenvalue weighted by Gasteiger charge is -2.09. The molecule has 22 heavy (non-hydrogen) atoms. The molecule has 0 aliphatic carbocycles. The highest BCUT2D eigenvalue weighted by Gasteiger charge is 2.21. The van der Waals surface area contributed by atoms with E-state index in [0.29, 0.717) is 4.88 Å². The fourth-order valence-corrected chi connectivity index (χ4v) is 3.98. The molecule has 0 saturated heterocycles. The molecule has 1 aromatic heterocycles. The SMILES string of the molecule is Cc1ccc(NC(=O)c2cc(S(=O)(=O)N(C)C)cs2)c(C)c1. The quantitative estimate of drug-likeness (QED) is 0.932. The molecule has 0 aliphatic rings. The molecule has 1 aromatic carbocycles. The summed E-state index contributed by atoms with van der Waals surface area (Å²) >= 11 is 1.11. The van der Waals surface area contributed by atoms with E-state index in [9.17, 15) is 13.2 Å². The Labute approximate surface area is 134 Å². The third-order valence-electron chi connectivity index (χ3n) is 3.21. The van der Waals surface area contributed by atoms with Crippen LogP contribution in [0.5, 0.6) is 0 Å². The van der Waals surface area contributed by atoms with Gasteiger partial charge >= 0.3 is 0 Å². The molecule has 2 aromatic rings. The first-order chi connectivity index (χ1) is 10.2. The third kappa shape index (κ3) is 3.37. The van der Waals surface area contributed by atoms with E-state index < -0.39 is 10.0 Å². The van der Waals surface area contributed by atoms with Crippen LogP contribution in [0.2, 0.25) is 0 Å². The van der Waals surface area contributed by atoms with Gasteiger partial charge in [-0.1, -0.05) is 17.7 Å². The van der Waals surface area contributed by atoms with Crippen LogP contribution < -0.4 is 5.32 Å². The summed E-state index contributed by atoms with van der Waals surface area (Å²) in [5.74, 6) is -0.308. The number of aryl methyl sites for hydroxylation is 2. The normalized spacial score (nSPS) is 11.7. The van der Waals surface area contributed by atoms with E-state index in [-0.39, 0.29) is 10.8 Å². The zero-order valence-corrected chi connectivity index (χ0v) is 14.5. The summed E-state index contributed by atoms with van der Waals surface area (Å²) in [6, 6.07) is 7.14. The number of sulfonamides is 1. The van der Waals surface area contributed by atoms with Crippen LogP contribution in [0, 0.1) is 13.8 Å². The molecule has 5 nitrogen and oxygen atoms in total. The van der Waals surface area contributed by atoms with Gasteiger partial charge in [0.1, 0.15) is 0 Å². The Kier molecular flexibility index (Phi) is 4.69. The number of thiophene rings is 1. The van der Waals surface area contributed by atoms with Crippen molar-refractivity contribution in [3.8, 4) is 0 Å². The van der Waals surface area contributed by atoms with Crippen LogP contribution in [0.4, 0.5) is 5.69 Å². The Bertz CT molecular complexity index is 808. The van der Waals surface area contributed by atoms with E-state index in [1.165, 1.54) is 25.5 Å². The molecule has 118 valence electrons. The average Bonchev–Trinajstić information content (AvgIpc) is 2.92. The molecule has 0 atom stereocenters. The van der Waals surface area contributed by atoms with Gasteiger partial charge in [-0.15, -0.1) is 11.3 Å². The molecule has 0 aliphatic heterocycles. The van der Waals surface area contributed by atoms with Crippen molar-refractivity contribution in [2.45, 2.75) is 18.7 Å². The van der Waals surface area contributed by atoms with Crippen molar-refractivity contribution >= 4 is 33.0 Å². The Morgan fingerprint density at radius 2 is 1.86 bits per heavy atom. The third-order valence-corrected chi connectivity index (χ3v) is 6.08.